The van der Waals surface area contributed by atoms with Gasteiger partial charge in [-0.05, 0) is 65.2 Å². The number of fused-ring (bicyclic) bond motifs is 1. The first-order chi connectivity index (χ1) is 13.1. The van der Waals surface area contributed by atoms with Gasteiger partial charge in [-0.25, -0.2) is 0 Å². The van der Waals surface area contributed by atoms with Gasteiger partial charge in [0.15, 0.2) is 0 Å². The average Bonchev–Trinajstić information content (AvgIpc) is 3.16. The summed E-state index contributed by atoms with van der Waals surface area (Å²) in [6, 6.07) is 25.9. The van der Waals surface area contributed by atoms with Gasteiger partial charge in [-0.1, -0.05) is 54.1 Å². The lowest BCUT2D eigenvalue weighted by Gasteiger charge is -2.03. The monoisotopic (exact) mass is 369 g/mol. The van der Waals surface area contributed by atoms with E-state index in [1.54, 1.807) is 6.08 Å². The van der Waals surface area contributed by atoms with Gasteiger partial charge in [0.05, 0.1) is 11.6 Å². The number of nitrogens with zero attached hydrogens (tertiary/aromatic N) is 1. The molecule has 0 radical (unpaired) electrons. The molecule has 0 amide bonds. The zero-order valence-corrected chi connectivity index (χ0v) is 15.5. The fourth-order valence-electron chi connectivity index (χ4n) is 3.11. The van der Waals surface area contributed by atoms with Crippen molar-refractivity contribution in [3.63, 3.8) is 0 Å². The van der Waals surface area contributed by atoms with E-state index in [0.29, 0.717) is 16.4 Å². The number of nitriles is 1. The van der Waals surface area contributed by atoms with Crippen LogP contribution in [0.3, 0.4) is 0 Å². The van der Waals surface area contributed by atoms with E-state index in [-0.39, 0.29) is 0 Å². The Bertz CT molecular complexity index is 1210. The highest BCUT2D eigenvalue weighted by atomic mass is 35.5. The van der Waals surface area contributed by atoms with Gasteiger partial charge in [0.1, 0.15) is 11.5 Å². The maximum absolute atomic E-state index is 9.64. The van der Waals surface area contributed by atoms with Crippen molar-refractivity contribution < 1.29 is 4.42 Å². The summed E-state index contributed by atoms with van der Waals surface area (Å²) in [4.78, 5) is 0. The predicted molar refractivity (Wildman–Crippen MR) is 111 cm³/mol. The molecule has 0 N–H and O–H groups in total. The molecule has 1 heterocycles. The van der Waals surface area contributed by atoms with E-state index in [1.807, 2.05) is 73.7 Å². The lowest BCUT2D eigenvalue weighted by molar-refractivity contribution is 0.571. The molecule has 0 spiro atoms. The molecule has 0 saturated heterocycles. The van der Waals surface area contributed by atoms with Crippen molar-refractivity contribution in [2.24, 2.45) is 0 Å². The standard InChI is InChI=1S/C24H16ClNO/c1-16-6-9-21(25)14-23(16)24-11-10-22(27-24)13-20(15-26)19-8-7-17-4-2-3-5-18(17)12-19/h2-14H,1H3/b20-13-. The third kappa shape index (κ3) is 3.51. The van der Waals surface area contributed by atoms with Gasteiger partial charge in [-0.3, -0.25) is 0 Å². The Morgan fingerprint density at radius 1 is 0.963 bits per heavy atom. The van der Waals surface area contributed by atoms with Crippen molar-refractivity contribution >= 4 is 34.0 Å². The first-order valence-corrected chi connectivity index (χ1v) is 8.99. The number of hydrogen-bond donors (Lipinski definition) is 0. The molecule has 0 saturated carbocycles. The van der Waals surface area contributed by atoms with E-state index in [4.69, 9.17) is 16.0 Å². The maximum atomic E-state index is 9.64. The third-order valence-electron chi connectivity index (χ3n) is 4.56. The number of aryl methyl sites for hydroxylation is 1. The second kappa shape index (κ2) is 7.15. The van der Waals surface area contributed by atoms with Gasteiger partial charge < -0.3 is 4.42 Å². The molecule has 1 aromatic heterocycles. The van der Waals surface area contributed by atoms with Crippen LogP contribution < -0.4 is 0 Å². The van der Waals surface area contributed by atoms with Crippen LogP contribution >= 0.6 is 11.6 Å². The molecule has 0 atom stereocenters. The van der Waals surface area contributed by atoms with E-state index in [0.717, 1.165) is 33.2 Å². The number of furan rings is 1. The maximum Gasteiger partial charge on any atom is 0.135 e. The van der Waals surface area contributed by atoms with Crippen LogP contribution in [0, 0.1) is 18.3 Å². The van der Waals surface area contributed by atoms with Crippen LogP contribution in [0.2, 0.25) is 5.02 Å². The van der Waals surface area contributed by atoms with E-state index >= 15 is 0 Å². The van der Waals surface area contributed by atoms with Crippen molar-refractivity contribution in [2.75, 3.05) is 0 Å². The Morgan fingerprint density at radius 3 is 2.59 bits per heavy atom. The van der Waals surface area contributed by atoms with Gasteiger partial charge in [0.25, 0.3) is 0 Å². The van der Waals surface area contributed by atoms with E-state index < -0.39 is 0 Å². The van der Waals surface area contributed by atoms with Crippen LogP contribution in [-0.2, 0) is 0 Å². The van der Waals surface area contributed by atoms with Crippen LogP contribution in [0.1, 0.15) is 16.9 Å². The summed E-state index contributed by atoms with van der Waals surface area (Å²) in [5, 5.41) is 12.6. The van der Waals surface area contributed by atoms with Crippen LogP contribution in [0.5, 0.6) is 0 Å². The molecule has 2 nitrogen and oxygen atoms in total. The second-order valence-corrected chi connectivity index (χ2v) is 6.83. The van der Waals surface area contributed by atoms with Crippen LogP contribution in [0.4, 0.5) is 0 Å². The minimum Gasteiger partial charge on any atom is -0.457 e. The molecule has 4 rings (SSSR count). The highest BCUT2D eigenvalue weighted by Crippen LogP contribution is 2.30. The van der Waals surface area contributed by atoms with Gasteiger partial charge in [0, 0.05) is 10.6 Å². The van der Waals surface area contributed by atoms with Crippen molar-refractivity contribution in [1.29, 1.82) is 5.26 Å². The number of allylic oxidation sites excluding steroid dienone is 1. The Morgan fingerprint density at radius 2 is 1.78 bits per heavy atom. The van der Waals surface area contributed by atoms with E-state index in [1.165, 1.54) is 0 Å². The van der Waals surface area contributed by atoms with E-state index in [9.17, 15) is 5.26 Å². The molecule has 0 aliphatic heterocycles. The number of benzene rings is 3. The van der Waals surface area contributed by atoms with Crippen LogP contribution in [0.25, 0.3) is 33.7 Å². The third-order valence-corrected chi connectivity index (χ3v) is 4.79. The van der Waals surface area contributed by atoms with E-state index in [2.05, 4.69) is 12.1 Å². The van der Waals surface area contributed by atoms with Crippen molar-refractivity contribution in [1.82, 2.24) is 0 Å². The van der Waals surface area contributed by atoms with Crippen molar-refractivity contribution in [3.8, 4) is 17.4 Å². The Balaban J connectivity index is 1.72. The zero-order chi connectivity index (χ0) is 18.8. The summed E-state index contributed by atoms with van der Waals surface area (Å²) in [6.45, 7) is 2.01. The molecule has 4 aromatic rings. The van der Waals surface area contributed by atoms with Gasteiger partial charge in [-0.2, -0.15) is 5.26 Å². The van der Waals surface area contributed by atoms with Gasteiger partial charge in [0.2, 0.25) is 0 Å². The zero-order valence-electron chi connectivity index (χ0n) is 14.7. The molecule has 0 bridgehead atoms. The Kier molecular flexibility index (Phi) is 4.54. The van der Waals surface area contributed by atoms with Gasteiger partial charge in [-0.15, -0.1) is 0 Å². The predicted octanol–water partition coefficient (Wildman–Crippen LogP) is 7.13. The molecule has 0 fully saturated rings. The fraction of sp³-hybridized carbons (Fsp3) is 0.0417. The highest BCUT2D eigenvalue weighted by molar-refractivity contribution is 6.30. The largest absolute Gasteiger partial charge is 0.457 e. The summed E-state index contributed by atoms with van der Waals surface area (Å²) >= 11 is 6.11. The molecule has 0 aliphatic rings. The minimum atomic E-state index is 0.560. The average molecular weight is 370 g/mol. The molecule has 3 heteroatoms. The van der Waals surface area contributed by atoms with Crippen LogP contribution in [-0.4, -0.2) is 0 Å². The summed E-state index contributed by atoms with van der Waals surface area (Å²) in [5.74, 6) is 1.37. The van der Waals surface area contributed by atoms with Crippen LogP contribution in [0.15, 0.2) is 77.2 Å². The second-order valence-electron chi connectivity index (χ2n) is 6.39. The Labute approximate surface area is 162 Å². The summed E-state index contributed by atoms with van der Waals surface area (Å²) in [5.41, 5.74) is 3.46. The fourth-order valence-corrected chi connectivity index (χ4v) is 3.29. The lowest BCUT2D eigenvalue weighted by atomic mass is 10.0. The topological polar surface area (TPSA) is 36.9 Å². The number of hydrogen-bond acceptors (Lipinski definition) is 2. The highest BCUT2D eigenvalue weighted by Gasteiger charge is 2.09. The number of halogens is 1. The molecular formula is C24H16ClNO. The molecule has 0 unspecified atom stereocenters. The Hall–Kier alpha value is -3.28. The first-order valence-electron chi connectivity index (χ1n) is 8.61. The van der Waals surface area contributed by atoms with Crippen molar-refractivity contribution in [3.05, 3.63) is 94.7 Å². The summed E-state index contributed by atoms with van der Waals surface area (Å²) < 4.78 is 5.96. The van der Waals surface area contributed by atoms with Crippen molar-refractivity contribution in [2.45, 2.75) is 6.92 Å². The molecule has 3 aromatic carbocycles. The molecule has 0 aliphatic carbocycles. The number of rotatable bonds is 3. The first kappa shape index (κ1) is 17.1. The summed E-state index contributed by atoms with van der Waals surface area (Å²) in [6.07, 6.45) is 1.77. The quantitative estimate of drug-likeness (QED) is 0.360. The molecule has 27 heavy (non-hydrogen) atoms. The SMILES string of the molecule is Cc1ccc(Cl)cc1-c1ccc(/C=C(/C#N)c2ccc3ccccc3c2)o1. The molecule has 130 valence electrons. The normalized spacial score (nSPS) is 11.5. The summed E-state index contributed by atoms with van der Waals surface area (Å²) in [7, 11) is 0. The van der Waals surface area contributed by atoms with Gasteiger partial charge >= 0.3 is 0 Å². The minimum absolute atomic E-state index is 0.560. The molecular weight excluding hydrogens is 354 g/mol. The smallest absolute Gasteiger partial charge is 0.135 e. The lowest BCUT2D eigenvalue weighted by Crippen LogP contribution is -1.83.